The minimum atomic E-state index is 0.639. The topological polar surface area (TPSA) is 48.1 Å². The predicted molar refractivity (Wildman–Crippen MR) is 69.4 cm³/mol. The van der Waals surface area contributed by atoms with Gasteiger partial charge in [0.25, 0.3) is 0 Å². The number of aromatic nitrogens is 1. The molecule has 0 fully saturated rings. The summed E-state index contributed by atoms with van der Waals surface area (Å²) in [4.78, 5) is 4.21. The van der Waals surface area contributed by atoms with Crippen LogP contribution in [0.25, 0.3) is 0 Å². The molecule has 1 aromatic carbocycles. The van der Waals surface area contributed by atoms with Gasteiger partial charge in [-0.15, -0.1) is 0 Å². The molecule has 0 saturated carbocycles. The Balaban J connectivity index is 2.37. The Morgan fingerprint density at radius 1 is 1.06 bits per heavy atom. The minimum Gasteiger partial charge on any atom is -0.438 e. The molecule has 2 aromatic rings. The van der Waals surface area contributed by atoms with Gasteiger partial charge >= 0.3 is 0 Å². The van der Waals surface area contributed by atoms with Gasteiger partial charge in [-0.25, -0.2) is 4.98 Å². The maximum atomic E-state index is 5.84. The first-order valence-electron chi connectivity index (χ1n) is 5.54. The van der Waals surface area contributed by atoms with Crippen LogP contribution in [0.4, 0.5) is 5.69 Å². The van der Waals surface area contributed by atoms with Gasteiger partial charge in [-0.1, -0.05) is 6.07 Å². The lowest BCUT2D eigenvalue weighted by Crippen LogP contribution is -1.96. The molecule has 0 spiro atoms. The van der Waals surface area contributed by atoms with Gasteiger partial charge in [-0.2, -0.15) is 0 Å². The van der Waals surface area contributed by atoms with E-state index in [1.165, 1.54) is 0 Å². The van der Waals surface area contributed by atoms with Crippen LogP contribution in [0.2, 0.25) is 0 Å². The summed E-state index contributed by atoms with van der Waals surface area (Å²) in [6, 6.07) is 7.73. The monoisotopic (exact) mass is 228 g/mol. The maximum Gasteiger partial charge on any atom is 0.222 e. The Morgan fingerprint density at radius 3 is 2.53 bits per heavy atom. The minimum absolute atomic E-state index is 0.639. The highest BCUT2D eigenvalue weighted by Gasteiger charge is 2.07. The second kappa shape index (κ2) is 4.45. The summed E-state index contributed by atoms with van der Waals surface area (Å²) in [5.41, 5.74) is 9.67. The normalized spacial score (nSPS) is 10.3. The Morgan fingerprint density at radius 2 is 1.82 bits per heavy atom. The first-order chi connectivity index (χ1) is 8.08. The number of nitrogens with zero attached hydrogens (tertiary/aromatic N) is 1. The molecule has 0 aliphatic carbocycles. The van der Waals surface area contributed by atoms with Crippen LogP contribution in [-0.4, -0.2) is 4.98 Å². The fourth-order valence-electron chi connectivity index (χ4n) is 1.60. The molecular formula is C14H16N2O. The van der Waals surface area contributed by atoms with Crippen molar-refractivity contribution < 1.29 is 4.74 Å². The van der Waals surface area contributed by atoms with E-state index in [-0.39, 0.29) is 0 Å². The smallest absolute Gasteiger partial charge is 0.222 e. The van der Waals surface area contributed by atoms with Gasteiger partial charge in [-0.3, -0.25) is 0 Å². The first kappa shape index (κ1) is 11.5. The molecule has 1 heterocycles. The quantitative estimate of drug-likeness (QED) is 0.801. The van der Waals surface area contributed by atoms with Crippen LogP contribution in [0.5, 0.6) is 11.6 Å². The summed E-state index contributed by atoms with van der Waals surface area (Å²) < 4.78 is 5.81. The Kier molecular flexibility index (Phi) is 3.00. The lowest BCUT2D eigenvalue weighted by Gasteiger charge is -2.11. The van der Waals surface area contributed by atoms with Crippen molar-refractivity contribution in [3.63, 3.8) is 0 Å². The van der Waals surface area contributed by atoms with Crippen molar-refractivity contribution in [2.45, 2.75) is 20.8 Å². The second-order valence-electron chi connectivity index (χ2n) is 4.20. The maximum absolute atomic E-state index is 5.84. The molecule has 0 saturated heterocycles. The van der Waals surface area contributed by atoms with Crippen molar-refractivity contribution in [1.29, 1.82) is 0 Å². The van der Waals surface area contributed by atoms with E-state index in [0.29, 0.717) is 5.88 Å². The summed E-state index contributed by atoms with van der Waals surface area (Å²) in [6.07, 6.45) is 1.72. The third kappa shape index (κ3) is 2.38. The third-order valence-corrected chi connectivity index (χ3v) is 2.73. The van der Waals surface area contributed by atoms with E-state index in [4.69, 9.17) is 10.5 Å². The molecule has 0 atom stereocenters. The molecule has 0 unspecified atom stereocenters. The van der Waals surface area contributed by atoms with Crippen molar-refractivity contribution >= 4 is 5.69 Å². The molecule has 0 radical (unpaired) electrons. The fraction of sp³-hybridized carbons (Fsp3) is 0.214. The SMILES string of the molecule is Cc1cc(Oc2ncccc2C)c(C)cc1N. The summed E-state index contributed by atoms with van der Waals surface area (Å²) in [5, 5.41) is 0. The van der Waals surface area contributed by atoms with E-state index in [2.05, 4.69) is 4.98 Å². The molecule has 2 N–H and O–H groups in total. The zero-order chi connectivity index (χ0) is 12.4. The number of nitrogens with two attached hydrogens (primary N) is 1. The molecule has 17 heavy (non-hydrogen) atoms. The predicted octanol–water partition coefficient (Wildman–Crippen LogP) is 3.38. The molecule has 0 amide bonds. The van der Waals surface area contributed by atoms with Gasteiger partial charge in [0.05, 0.1) is 0 Å². The number of benzene rings is 1. The average molecular weight is 228 g/mol. The summed E-state index contributed by atoms with van der Waals surface area (Å²) in [6.45, 7) is 5.91. The molecule has 88 valence electrons. The van der Waals surface area contributed by atoms with Gasteiger partial charge in [0.2, 0.25) is 5.88 Å². The van der Waals surface area contributed by atoms with Crippen molar-refractivity contribution in [3.8, 4) is 11.6 Å². The molecule has 0 bridgehead atoms. The first-order valence-corrected chi connectivity index (χ1v) is 5.54. The lowest BCUT2D eigenvalue weighted by molar-refractivity contribution is 0.455. The molecular weight excluding hydrogens is 212 g/mol. The summed E-state index contributed by atoms with van der Waals surface area (Å²) in [5.74, 6) is 1.44. The number of pyridine rings is 1. The standard InChI is InChI=1S/C14H16N2O/c1-9-5-4-6-16-14(9)17-13-8-10(2)12(15)7-11(13)3/h4-8H,15H2,1-3H3. The van der Waals surface area contributed by atoms with E-state index in [9.17, 15) is 0 Å². The van der Waals surface area contributed by atoms with E-state index >= 15 is 0 Å². The zero-order valence-electron chi connectivity index (χ0n) is 10.3. The van der Waals surface area contributed by atoms with Crippen LogP contribution in [0, 0.1) is 20.8 Å². The highest BCUT2D eigenvalue weighted by molar-refractivity contribution is 5.54. The molecule has 1 aromatic heterocycles. The van der Waals surface area contributed by atoms with Gasteiger partial charge in [-0.05, 0) is 50.1 Å². The van der Waals surface area contributed by atoms with Crippen molar-refractivity contribution in [1.82, 2.24) is 4.98 Å². The van der Waals surface area contributed by atoms with Gasteiger partial charge < -0.3 is 10.5 Å². The van der Waals surface area contributed by atoms with Crippen molar-refractivity contribution in [2.75, 3.05) is 5.73 Å². The highest BCUT2D eigenvalue weighted by Crippen LogP contribution is 2.29. The van der Waals surface area contributed by atoms with Crippen molar-refractivity contribution in [2.24, 2.45) is 0 Å². The Labute approximate surface area is 101 Å². The zero-order valence-corrected chi connectivity index (χ0v) is 10.3. The molecule has 3 heteroatoms. The number of ether oxygens (including phenoxy) is 1. The van der Waals surface area contributed by atoms with E-state index in [0.717, 1.165) is 28.1 Å². The highest BCUT2D eigenvalue weighted by atomic mass is 16.5. The number of nitrogen functional groups attached to an aromatic ring is 1. The Bertz CT molecular complexity index is 550. The van der Waals surface area contributed by atoms with E-state index < -0.39 is 0 Å². The van der Waals surface area contributed by atoms with Gasteiger partial charge in [0, 0.05) is 17.4 Å². The third-order valence-electron chi connectivity index (χ3n) is 2.73. The average Bonchev–Trinajstić information content (AvgIpc) is 2.29. The number of hydrogen-bond donors (Lipinski definition) is 1. The van der Waals surface area contributed by atoms with Crippen LogP contribution in [0.1, 0.15) is 16.7 Å². The van der Waals surface area contributed by atoms with Crippen LogP contribution in [0.3, 0.4) is 0 Å². The van der Waals surface area contributed by atoms with Gasteiger partial charge in [0.15, 0.2) is 0 Å². The van der Waals surface area contributed by atoms with Crippen LogP contribution >= 0.6 is 0 Å². The summed E-state index contributed by atoms with van der Waals surface area (Å²) >= 11 is 0. The van der Waals surface area contributed by atoms with Crippen molar-refractivity contribution in [3.05, 3.63) is 47.2 Å². The number of rotatable bonds is 2. The lowest BCUT2D eigenvalue weighted by atomic mass is 10.1. The summed E-state index contributed by atoms with van der Waals surface area (Å²) in [7, 11) is 0. The van der Waals surface area contributed by atoms with Gasteiger partial charge in [0.1, 0.15) is 5.75 Å². The number of anilines is 1. The largest absolute Gasteiger partial charge is 0.438 e. The molecule has 0 aliphatic heterocycles. The van der Waals surface area contributed by atoms with E-state index in [1.54, 1.807) is 6.20 Å². The molecule has 2 rings (SSSR count). The van der Waals surface area contributed by atoms with Crippen LogP contribution in [-0.2, 0) is 0 Å². The molecule has 0 aliphatic rings. The number of hydrogen-bond acceptors (Lipinski definition) is 3. The van der Waals surface area contributed by atoms with Crippen LogP contribution < -0.4 is 10.5 Å². The second-order valence-corrected chi connectivity index (χ2v) is 4.20. The Hall–Kier alpha value is -2.03. The fourth-order valence-corrected chi connectivity index (χ4v) is 1.60. The number of aryl methyl sites for hydroxylation is 3. The molecule has 3 nitrogen and oxygen atoms in total. The van der Waals surface area contributed by atoms with E-state index in [1.807, 2.05) is 45.0 Å². The van der Waals surface area contributed by atoms with Crippen LogP contribution in [0.15, 0.2) is 30.5 Å².